The predicted octanol–water partition coefficient (Wildman–Crippen LogP) is 2.76. The normalized spacial score (nSPS) is 25.5. The maximum absolute atomic E-state index is 11.2. The maximum atomic E-state index is 11.2. The summed E-state index contributed by atoms with van der Waals surface area (Å²) in [7, 11) is 0. The Hall–Kier alpha value is -0.690. The number of thioether (sulfide) groups is 1. The van der Waals surface area contributed by atoms with Crippen LogP contribution in [0.1, 0.15) is 39.0 Å². The smallest absolute Gasteiger partial charge is 0.315 e. The lowest BCUT2D eigenvalue weighted by Crippen LogP contribution is -2.17. The molecule has 0 bridgehead atoms. The van der Waals surface area contributed by atoms with Crippen molar-refractivity contribution < 1.29 is 9.53 Å². The van der Waals surface area contributed by atoms with Gasteiger partial charge in [0.05, 0.1) is 24.3 Å². The molecule has 1 rings (SSSR count). The Morgan fingerprint density at radius 1 is 1.44 bits per heavy atom. The van der Waals surface area contributed by atoms with E-state index in [1.165, 1.54) is 12.8 Å². The highest BCUT2D eigenvalue weighted by Gasteiger charge is 2.24. The number of hydrogen-bond acceptors (Lipinski definition) is 4. The minimum Gasteiger partial charge on any atom is -0.465 e. The number of hydrogen-bond donors (Lipinski definition) is 0. The van der Waals surface area contributed by atoms with E-state index in [1.54, 1.807) is 11.8 Å². The number of nitriles is 1. The average molecular weight is 241 g/mol. The van der Waals surface area contributed by atoms with Gasteiger partial charge in [-0.15, -0.1) is 11.8 Å². The highest BCUT2D eigenvalue weighted by atomic mass is 32.2. The Morgan fingerprint density at radius 2 is 2.19 bits per heavy atom. The van der Waals surface area contributed by atoms with Gasteiger partial charge >= 0.3 is 5.97 Å². The molecule has 2 atom stereocenters. The molecule has 0 aromatic rings. The lowest BCUT2D eigenvalue weighted by Gasteiger charge is -2.17. The molecule has 4 heteroatoms. The Kier molecular flexibility index (Phi) is 6.32. The second-order valence-electron chi connectivity index (χ2n) is 4.03. The fraction of sp³-hybridized carbons (Fsp3) is 0.833. The second kappa shape index (κ2) is 7.56. The zero-order valence-electron chi connectivity index (χ0n) is 9.78. The Bertz CT molecular complexity index is 262. The summed E-state index contributed by atoms with van der Waals surface area (Å²) in [5.41, 5.74) is 0. The summed E-state index contributed by atoms with van der Waals surface area (Å²) in [6, 6.07) is 2.38. The molecule has 0 aromatic carbocycles. The Labute approximate surface area is 102 Å². The van der Waals surface area contributed by atoms with Crippen molar-refractivity contribution in [2.45, 2.75) is 44.3 Å². The fourth-order valence-corrected chi connectivity index (χ4v) is 3.19. The molecule has 1 aliphatic rings. The number of esters is 1. The standard InChI is InChI=1S/C12H19NO2S/c1-2-15-12(14)9-16-11-7-5-3-4-6-10(11)8-13/h10-11H,2-7,9H2,1H3. The van der Waals surface area contributed by atoms with Gasteiger partial charge in [0.15, 0.2) is 0 Å². The molecule has 0 saturated heterocycles. The first-order chi connectivity index (χ1) is 7.77. The van der Waals surface area contributed by atoms with Gasteiger partial charge < -0.3 is 4.74 Å². The van der Waals surface area contributed by atoms with Crippen LogP contribution in [-0.2, 0) is 9.53 Å². The zero-order chi connectivity index (χ0) is 11.8. The van der Waals surface area contributed by atoms with Crippen molar-refractivity contribution in [2.24, 2.45) is 5.92 Å². The monoisotopic (exact) mass is 241 g/mol. The van der Waals surface area contributed by atoms with Crippen molar-refractivity contribution in [3.8, 4) is 6.07 Å². The summed E-state index contributed by atoms with van der Waals surface area (Å²) in [6.45, 7) is 2.25. The molecule has 1 aliphatic carbocycles. The van der Waals surface area contributed by atoms with Gasteiger partial charge in [-0.25, -0.2) is 0 Å². The van der Waals surface area contributed by atoms with Crippen LogP contribution in [0.4, 0.5) is 0 Å². The summed E-state index contributed by atoms with van der Waals surface area (Å²) in [5, 5.41) is 9.39. The van der Waals surface area contributed by atoms with E-state index in [9.17, 15) is 4.79 Å². The fourth-order valence-electron chi connectivity index (χ4n) is 2.00. The van der Waals surface area contributed by atoms with Crippen molar-refractivity contribution in [3.05, 3.63) is 0 Å². The third-order valence-corrected chi connectivity index (χ3v) is 4.23. The molecule has 0 amide bonds. The van der Waals surface area contributed by atoms with Crippen molar-refractivity contribution in [2.75, 3.05) is 12.4 Å². The van der Waals surface area contributed by atoms with E-state index in [1.807, 2.05) is 6.92 Å². The minimum absolute atomic E-state index is 0.113. The van der Waals surface area contributed by atoms with Gasteiger partial charge in [0.25, 0.3) is 0 Å². The van der Waals surface area contributed by atoms with Crippen LogP contribution in [0, 0.1) is 17.2 Å². The van der Waals surface area contributed by atoms with Gasteiger partial charge in [-0.05, 0) is 19.8 Å². The molecule has 0 N–H and O–H groups in total. The quantitative estimate of drug-likeness (QED) is 0.561. The molecular formula is C12H19NO2S. The van der Waals surface area contributed by atoms with E-state index in [-0.39, 0.29) is 11.9 Å². The number of rotatable bonds is 4. The largest absolute Gasteiger partial charge is 0.465 e. The number of ether oxygens (including phenoxy) is 1. The molecule has 1 fully saturated rings. The van der Waals surface area contributed by atoms with Crippen LogP contribution in [0.15, 0.2) is 0 Å². The van der Waals surface area contributed by atoms with Crippen molar-refractivity contribution >= 4 is 17.7 Å². The number of carbonyl (C=O) groups is 1. The summed E-state index contributed by atoms with van der Waals surface area (Å²) in [6.07, 6.45) is 5.58. The van der Waals surface area contributed by atoms with E-state index >= 15 is 0 Å². The summed E-state index contributed by atoms with van der Waals surface area (Å²) in [5.74, 6) is 0.340. The molecule has 0 spiro atoms. The maximum Gasteiger partial charge on any atom is 0.315 e. The average Bonchev–Trinajstić information content (AvgIpc) is 2.51. The van der Waals surface area contributed by atoms with Crippen LogP contribution in [-0.4, -0.2) is 23.6 Å². The van der Waals surface area contributed by atoms with Crippen molar-refractivity contribution in [3.63, 3.8) is 0 Å². The minimum atomic E-state index is -0.159. The number of nitrogens with zero attached hydrogens (tertiary/aromatic N) is 1. The Morgan fingerprint density at radius 3 is 2.88 bits per heavy atom. The van der Waals surface area contributed by atoms with E-state index < -0.39 is 0 Å². The second-order valence-corrected chi connectivity index (χ2v) is 5.26. The van der Waals surface area contributed by atoms with Crippen molar-refractivity contribution in [1.29, 1.82) is 5.26 Å². The summed E-state index contributed by atoms with van der Waals surface area (Å²) >= 11 is 1.59. The Balaban J connectivity index is 2.37. The summed E-state index contributed by atoms with van der Waals surface area (Å²) in [4.78, 5) is 11.2. The van der Waals surface area contributed by atoms with Crippen molar-refractivity contribution in [1.82, 2.24) is 0 Å². The SMILES string of the molecule is CCOC(=O)CSC1CCCCCC1C#N. The zero-order valence-corrected chi connectivity index (χ0v) is 10.6. The third-order valence-electron chi connectivity index (χ3n) is 2.84. The van der Waals surface area contributed by atoms with E-state index in [0.29, 0.717) is 17.6 Å². The molecule has 0 aliphatic heterocycles. The van der Waals surface area contributed by atoms with E-state index in [0.717, 1.165) is 19.3 Å². The topological polar surface area (TPSA) is 50.1 Å². The molecule has 2 unspecified atom stereocenters. The third kappa shape index (κ3) is 4.44. The molecule has 0 heterocycles. The van der Waals surface area contributed by atoms with Gasteiger partial charge in [-0.2, -0.15) is 5.26 Å². The molecule has 90 valence electrons. The van der Waals surface area contributed by atoms with E-state index in [2.05, 4.69) is 6.07 Å². The molecule has 16 heavy (non-hydrogen) atoms. The first kappa shape index (κ1) is 13.4. The predicted molar refractivity (Wildman–Crippen MR) is 65.1 cm³/mol. The van der Waals surface area contributed by atoms with Gasteiger partial charge in [0.1, 0.15) is 0 Å². The van der Waals surface area contributed by atoms with Gasteiger partial charge in [0, 0.05) is 5.25 Å². The van der Waals surface area contributed by atoms with E-state index in [4.69, 9.17) is 10.00 Å². The first-order valence-electron chi connectivity index (χ1n) is 5.94. The van der Waals surface area contributed by atoms with Crippen LogP contribution in [0.2, 0.25) is 0 Å². The molecule has 1 saturated carbocycles. The van der Waals surface area contributed by atoms with Crippen LogP contribution in [0.3, 0.4) is 0 Å². The molecular weight excluding hydrogens is 222 g/mol. The lowest BCUT2D eigenvalue weighted by molar-refractivity contribution is -0.139. The van der Waals surface area contributed by atoms with Crippen LogP contribution in [0.5, 0.6) is 0 Å². The molecule has 0 radical (unpaired) electrons. The van der Waals surface area contributed by atoms with Gasteiger partial charge in [0.2, 0.25) is 0 Å². The molecule has 3 nitrogen and oxygen atoms in total. The molecule has 0 aromatic heterocycles. The van der Waals surface area contributed by atoms with Crippen LogP contribution >= 0.6 is 11.8 Å². The number of carbonyl (C=O) groups excluding carboxylic acids is 1. The summed E-state index contributed by atoms with van der Waals surface area (Å²) < 4.78 is 4.89. The van der Waals surface area contributed by atoms with Crippen LogP contribution < -0.4 is 0 Å². The lowest BCUT2D eigenvalue weighted by atomic mass is 10.0. The van der Waals surface area contributed by atoms with Gasteiger partial charge in [-0.1, -0.05) is 19.3 Å². The highest BCUT2D eigenvalue weighted by molar-refractivity contribution is 8.00. The van der Waals surface area contributed by atoms with Gasteiger partial charge in [-0.3, -0.25) is 4.79 Å². The first-order valence-corrected chi connectivity index (χ1v) is 6.99. The van der Waals surface area contributed by atoms with Crippen LogP contribution in [0.25, 0.3) is 0 Å². The highest BCUT2D eigenvalue weighted by Crippen LogP contribution is 2.31.